The lowest BCUT2D eigenvalue weighted by Crippen LogP contribution is -2.18. The maximum atomic E-state index is 12.0. The number of hydrogen-bond acceptors (Lipinski definition) is 7. The number of rotatable bonds is 8. The zero-order valence-electron chi connectivity index (χ0n) is 20.2. The zero-order chi connectivity index (χ0) is 25.1. The van der Waals surface area contributed by atoms with Crippen molar-refractivity contribution in [1.82, 2.24) is 24.3 Å². The summed E-state index contributed by atoms with van der Waals surface area (Å²) in [6.07, 6.45) is 5.54. The molecule has 0 amide bonds. The fourth-order valence-electron chi connectivity index (χ4n) is 4.20. The van der Waals surface area contributed by atoms with E-state index in [0.29, 0.717) is 31.2 Å². The van der Waals surface area contributed by atoms with Gasteiger partial charge in [-0.2, -0.15) is 5.10 Å². The number of fused-ring (bicyclic) bond motifs is 1. The normalized spacial score (nSPS) is 11.1. The van der Waals surface area contributed by atoms with Gasteiger partial charge in [0.25, 0.3) is 5.56 Å². The van der Waals surface area contributed by atoms with Crippen LogP contribution in [0, 0.1) is 6.92 Å². The van der Waals surface area contributed by atoms with E-state index in [1.807, 2.05) is 42.1 Å². The van der Waals surface area contributed by atoms with Crippen molar-refractivity contribution in [3.63, 3.8) is 0 Å². The summed E-state index contributed by atoms with van der Waals surface area (Å²) in [5.41, 5.74) is 10.6. The Kier molecular flexibility index (Phi) is 6.36. The molecule has 5 rings (SSSR count). The van der Waals surface area contributed by atoms with Gasteiger partial charge in [0, 0.05) is 48.5 Å². The molecule has 9 heteroatoms. The van der Waals surface area contributed by atoms with E-state index in [1.54, 1.807) is 42.3 Å². The molecule has 9 nitrogen and oxygen atoms in total. The van der Waals surface area contributed by atoms with E-state index in [0.717, 1.165) is 39.1 Å². The van der Waals surface area contributed by atoms with Gasteiger partial charge >= 0.3 is 0 Å². The lowest BCUT2D eigenvalue weighted by molar-refractivity contribution is 0.409. The number of benzene rings is 1. The van der Waals surface area contributed by atoms with Gasteiger partial charge in [0.15, 0.2) is 0 Å². The first-order valence-corrected chi connectivity index (χ1v) is 11.6. The Balaban J connectivity index is 1.31. The van der Waals surface area contributed by atoms with Crippen LogP contribution in [-0.4, -0.2) is 31.4 Å². The van der Waals surface area contributed by atoms with Crippen molar-refractivity contribution >= 4 is 22.5 Å². The Morgan fingerprint density at radius 1 is 1.06 bits per heavy atom. The second kappa shape index (κ2) is 9.91. The Morgan fingerprint density at radius 2 is 1.83 bits per heavy atom. The van der Waals surface area contributed by atoms with Crippen LogP contribution in [0.1, 0.15) is 22.4 Å². The average molecular weight is 482 g/mol. The number of methoxy groups -OCH3 is 1. The van der Waals surface area contributed by atoms with Gasteiger partial charge < -0.3 is 20.4 Å². The molecule has 0 saturated heterocycles. The SMILES string of the molecule is COc1cc(N)nc(C)c1CNc1nccc2nn(Cc3ccc(Cn4ccccc4=O)cc3)cc12. The molecule has 0 aliphatic heterocycles. The van der Waals surface area contributed by atoms with Crippen LogP contribution < -0.4 is 21.3 Å². The van der Waals surface area contributed by atoms with Crippen LogP contribution >= 0.6 is 0 Å². The van der Waals surface area contributed by atoms with Crippen LogP contribution in [0.15, 0.2) is 78.0 Å². The van der Waals surface area contributed by atoms with E-state index < -0.39 is 0 Å². The number of nitrogens with zero attached hydrogens (tertiary/aromatic N) is 5. The minimum Gasteiger partial charge on any atom is -0.496 e. The number of nitrogens with two attached hydrogens (primary N) is 1. The minimum absolute atomic E-state index is 0.0101. The summed E-state index contributed by atoms with van der Waals surface area (Å²) in [6, 6.07) is 17.0. The third-order valence-corrected chi connectivity index (χ3v) is 6.06. The van der Waals surface area contributed by atoms with Crippen LogP contribution in [0.25, 0.3) is 10.9 Å². The molecule has 0 atom stereocenters. The summed E-state index contributed by atoms with van der Waals surface area (Å²) in [7, 11) is 1.62. The molecule has 182 valence electrons. The van der Waals surface area contributed by atoms with Crippen LogP contribution in [0.4, 0.5) is 11.6 Å². The predicted octanol–water partition coefficient (Wildman–Crippen LogP) is 3.60. The highest BCUT2D eigenvalue weighted by molar-refractivity contribution is 5.88. The molecule has 3 N–H and O–H groups in total. The van der Waals surface area contributed by atoms with Gasteiger partial charge in [0.05, 0.1) is 31.1 Å². The maximum Gasteiger partial charge on any atom is 0.250 e. The van der Waals surface area contributed by atoms with Crippen molar-refractivity contribution in [2.24, 2.45) is 0 Å². The van der Waals surface area contributed by atoms with E-state index in [9.17, 15) is 4.79 Å². The number of ether oxygens (including phenoxy) is 1. The van der Waals surface area contributed by atoms with Gasteiger partial charge in [-0.05, 0) is 30.2 Å². The molecule has 0 fully saturated rings. The number of aromatic nitrogens is 5. The summed E-state index contributed by atoms with van der Waals surface area (Å²) in [6.45, 7) is 3.56. The van der Waals surface area contributed by atoms with Crippen LogP contribution in [0.3, 0.4) is 0 Å². The summed E-state index contributed by atoms with van der Waals surface area (Å²) in [5.74, 6) is 1.85. The van der Waals surface area contributed by atoms with Gasteiger partial charge in [0.1, 0.15) is 17.4 Å². The van der Waals surface area contributed by atoms with Gasteiger partial charge in [-0.15, -0.1) is 0 Å². The second-order valence-electron chi connectivity index (χ2n) is 8.57. The smallest absolute Gasteiger partial charge is 0.250 e. The highest BCUT2D eigenvalue weighted by atomic mass is 16.5. The number of anilines is 2. The number of aryl methyl sites for hydroxylation is 1. The van der Waals surface area contributed by atoms with Crippen molar-refractivity contribution < 1.29 is 4.74 Å². The van der Waals surface area contributed by atoms with Crippen LogP contribution in [-0.2, 0) is 19.6 Å². The molecule has 5 aromatic rings. The molecular formula is C27H27N7O2. The molecule has 4 heterocycles. The molecule has 0 radical (unpaired) electrons. The molecule has 0 unspecified atom stereocenters. The van der Waals surface area contributed by atoms with Crippen molar-refractivity contribution in [1.29, 1.82) is 0 Å². The molecule has 1 aromatic carbocycles. The molecular weight excluding hydrogens is 454 g/mol. The van der Waals surface area contributed by atoms with Crippen molar-refractivity contribution in [3.8, 4) is 5.75 Å². The lowest BCUT2D eigenvalue weighted by atomic mass is 10.1. The van der Waals surface area contributed by atoms with Crippen molar-refractivity contribution in [2.45, 2.75) is 26.6 Å². The molecule has 0 saturated carbocycles. The van der Waals surface area contributed by atoms with Gasteiger partial charge in [-0.3, -0.25) is 9.48 Å². The van der Waals surface area contributed by atoms with Crippen molar-refractivity contribution in [2.75, 3.05) is 18.2 Å². The van der Waals surface area contributed by atoms with Gasteiger partial charge in [-0.25, -0.2) is 9.97 Å². The molecule has 0 bridgehead atoms. The van der Waals surface area contributed by atoms with E-state index >= 15 is 0 Å². The fraction of sp³-hybridized carbons (Fsp3) is 0.185. The van der Waals surface area contributed by atoms with Crippen LogP contribution in [0.2, 0.25) is 0 Å². The maximum absolute atomic E-state index is 12.0. The first kappa shape index (κ1) is 23.1. The van der Waals surface area contributed by atoms with Gasteiger partial charge in [0.2, 0.25) is 0 Å². The second-order valence-corrected chi connectivity index (χ2v) is 8.57. The van der Waals surface area contributed by atoms with Crippen molar-refractivity contribution in [3.05, 3.63) is 106 Å². The first-order chi connectivity index (χ1) is 17.5. The molecule has 36 heavy (non-hydrogen) atoms. The summed E-state index contributed by atoms with van der Waals surface area (Å²) < 4.78 is 9.08. The average Bonchev–Trinajstić information content (AvgIpc) is 3.29. The standard InChI is InChI=1S/C27H27N7O2/c1-18-21(24(36-2)13-25(28)31-18)14-30-27-22-17-34(32-23(22)10-11-29-27)16-20-8-6-19(7-9-20)15-33-12-4-3-5-26(33)35/h3-13,17H,14-16H2,1-2H3,(H2,28,31)(H,29,30). The monoisotopic (exact) mass is 481 g/mol. The largest absolute Gasteiger partial charge is 0.496 e. The number of pyridine rings is 3. The van der Waals surface area contributed by atoms with Crippen LogP contribution in [0.5, 0.6) is 5.75 Å². The molecule has 0 aliphatic carbocycles. The Hall–Kier alpha value is -4.66. The summed E-state index contributed by atoms with van der Waals surface area (Å²) in [4.78, 5) is 20.8. The van der Waals surface area contributed by atoms with E-state index in [-0.39, 0.29) is 5.56 Å². The minimum atomic E-state index is -0.0101. The third kappa shape index (κ3) is 4.90. The first-order valence-electron chi connectivity index (χ1n) is 11.6. The molecule has 0 aliphatic rings. The third-order valence-electron chi connectivity index (χ3n) is 6.06. The quantitative estimate of drug-likeness (QED) is 0.348. The zero-order valence-corrected chi connectivity index (χ0v) is 20.2. The van der Waals surface area contributed by atoms with Gasteiger partial charge in [-0.1, -0.05) is 30.3 Å². The summed E-state index contributed by atoms with van der Waals surface area (Å²) >= 11 is 0. The number of nitrogens with one attached hydrogen (secondary N) is 1. The number of nitrogen functional groups attached to an aromatic ring is 1. The van der Waals surface area contributed by atoms with E-state index in [1.165, 1.54) is 0 Å². The summed E-state index contributed by atoms with van der Waals surface area (Å²) in [5, 5.41) is 9.05. The van der Waals surface area contributed by atoms with E-state index in [4.69, 9.17) is 15.6 Å². The Morgan fingerprint density at radius 3 is 2.58 bits per heavy atom. The molecule has 4 aromatic heterocycles. The predicted molar refractivity (Wildman–Crippen MR) is 140 cm³/mol. The fourth-order valence-corrected chi connectivity index (χ4v) is 4.20. The Bertz CT molecular complexity index is 1570. The number of hydrogen-bond donors (Lipinski definition) is 2. The highest BCUT2D eigenvalue weighted by Gasteiger charge is 2.12. The topological polar surface area (TPSA) is 113 Å². The lowest BCUT2D eigenvalue weighted by Gasteiger charge is -2.13. The Labute approximate surface area is 208 Å². The highest BCUT2D eigenvalue weighted by Crippen LogP contribution is 2.26. The molecule has 0 spiro atoms. The van der Waals surface area contributed by atoms with E-state index in [2.05, 4.69) is 27.4 Å².